The van der Waals surface area contributed by atoms with Crippen LogP contribution in [0.25, 0.3) is 0 Å². The van der Waals surface area contributed by atoms with Crippen LogP contribution < -0.4 is 5.73 Å². The SMILES string of the molecule is CCC1CCC(CN)(C(O)c2cc(Br)c(C)s2)CC1. The van der Waals surface area contributed by atoms with Crippen molar-refractivity contribution in [3.05, 3.63) is 20.3 Å². The predicted octanol–water partition coefficient (Wildman–Crippen LogP) is 4.40. The molecule has 108 valence electrons. The van der Waals surface area contributed by atoms with Gasteiger partial charge in [-0.15, -0.1) is 11.3 Å². The zero-order valence-electron chi connectivity index (χ0n) is 11.8. The normalized spacial score (nSPS) is 29.4. The molecule has 1 aliphatic rings. The smallest absolute Gasteiger partial charge is 0.0950 e. The van der Waals surface area contributed by atoms with Gasteiger partial charge in [0.2, 0.25) is 0 Å². The summed E-state index contributed by atoms with van der Waals surface area (Å²) < 4.78 is 1.10. The molecule has 4 heteroatoms. The van der Waals surface area contributed by atoms with Gasteiger partial charge in [0.25, 0.3) is 0 Å². The van der Waals surface area contributed by atoms with Crippen LogP contribution in [0.5, 0.6) is 0 Å². The Kier molecular flexibility index (Phi) is 5.09. The molecule has 1 atom stereocenters. The van der Waals surface area contributed by atoms with Crippen molar-refractivity contribution in [3.8, 4) is 0 Å². The highest BCUT2D eigenvalue weighted by molar-refractivity contribution is 9.10. The van der Waals surface area contributed by atoms with Gasteiger partial charge in [0, 0.05) is 26.2 Å². The van der Waals surface area contributed by atoms with Gasteiger partial charge in [-0.1, -0.05) is 13.3 Å². The van der Waals surface area contributed by atoms with Crippen molar-refractivity contribution >= 4 is 27.3 Å². The van der Waals surface area contributed by atoms with Crippen LogP contribution in [-0.4, -0.2) is 11.7 Å². The Morgan fingerprint density at radius 1 is 1.53 bits per heavy atom. The highest BCUT2D eigenvalue weighted by Crippen LogP contribution is 2.49. The fourth-order valence-corrected chi connectivity index (χ4v) is 4.86. The summed E-state index contributed by atoms with van der Waals surface area (Å²) in [5.41, 5.74) is 5.93. The fraction of sp³-hybridized carbons (Fsp3) is 0.733. The molecule has 1 aromatic rings. The van der Waals surface area contributed by atoms with E-state index in [1.807, 2.05) is 0 Å². The van der Waals surface area contributed by atoms with Crippen molar-refractivity contribution in [2.45, 2.75) is 52.1 Å². The van der Waals surface area contributed by atoms with Crippen molar-refractivity contribution in [1.82, 2.24) is 0 Å². The third kappa shape index (κ3) is 3.07. The van der Waals surface area contributed by atoms with Crippen LogP contribution in [0.2, 0.25) is 0 Å². The van der Waals surface area contributed by atoms with Crippen LogP contribution in [0, 0.1) is 18.3 Å². The van der Waals surface area contributed by atoms with Gasteiger partial charge in [0.05, 0.1) is 6.10 Å². The molecule has 1 aliphatic carbocycles. The van der Waals surface area contributed by atoms with E-state index in [1.54, 1.807) is 11.3 Å². The Morgan fingerprint density at radius 3 is 2.58 bits per heavy atom. The Labute approximate surface area is 128 Å². The molecule has 0 amide bonds. The lowest BCUT2D eigenvalue weighted by molar-refractivity contribution is -0.00808. The van der Waals surface area contributed by atoms with Gasteiger partial charge in [-0.3, -0.25) is 0 Å². The average Bonchev–Trinajstić information content (AvgIpc) is 2.78. The zero-order valence-corrected chi connectivity index (χ0v) is 14.2. The summed E-state index contributed by atoms with van der Waals surface area (Å²) >= 11 is 5.22. The molecule has 0 saturated heterocycles. The average molecular weight is 346 g/mol. The van der Waals surface area contributed by atoms with Gasteiger partial charge in [0.15, 0.2) is 0 Å². The van der Waals surface area contributed by atoms with E-state index in [9.17, 15) is 5.11 Å². The van der Waals surface area contributed by atoms with E-state index in [0.717, 1.165) is 28.1 Å². The molecule has 1 fully saturated rings. The van der Waals surface area contributed by atoms with Crippen molar-refractivity contribution in [3.63, 3.8) is 0 Å². The Bertz CT molecular complexity index is 404. The molecule has 1 saturated carbocycles. The fourth-order valence-electron chi connectivity index (χ4n) is 3.17. The monoisotopic (exact) mass is 345 g/mol. The number of hydrogen-bond donors (Lipinski definition) is 2. The Morgan fingerprint density at radius 2 is 2.16 bits per heavy atom. The highest BCUT2D eigenvalue weighted by atomic mass is 79.9. The molecule has 1 unspecified atom stereocenters. The van der Waals surface area contributed by atoms with Crippen molar-refractivity contribution < 1.29 is 5.11 Å². The summed E-state index contributed by atoms with van der Waals surface area (Å²) in [4.78, 5) is 2.29. The first-order valence-corrected chi connectivity index (χ1v) is 8.77. The third-order valence-electron chi connectivity index (χ3n) is 4.81. The van der Waals surface area contributed by atoms with Gasteiger partial charge in [0.1, 0.15) is 0 Å². The lowest BCUT2D eigenvalue weighted by atomic mass is 9.66. The van der Waals surface area contributed by atoms with Crippen LogP contribution in [0.15, 0.2) is 10.5 Å². The summed E-state index contributed by atoms with van der Waals surface area (Å²) in [7, 11) is 0. The second-order valence-electron chi connectivity index (χ2n) is 5.87. The molecule has 0 radical (unpaired) electrons. The molecule has 2 nitrogen and oxygen atoms in total. The van der Waals surface area contributed by atoms with Crippen LogP contribution in [0.3, 0.4) is 0 Å². The number of rotatable bonds is 4. The minimum Gasteiger partial charge on any atom is -0.387 e. The topological polar surface area (TPSA) is 46.2 Å². The number of aliphatic hydroxyl groups is 1. The molecular weight excluding hydrogens is 322 g/mol. The molecule has 0 bridgehead atoms. The maximum Gasteiger partial charge on any atom is 0.0950 e. The lowest BCUT2D eigenvalue weighted by Gasteiger charge is -2.42. The first kappa shape index (κ1) is 15.5. The zero-order chi connectivity index (χ0) is 14.0. The van der Waals surface area contributed by atoms with Gasteiger partial charge in [-0.25, -0.2) is 0 Å². The number of aryl methyl sites for hydroxylation is 1. The van der Waals surface area contributed by atoms with E-state index in [1.165, 1.54) is 24.1 Å². The molecule has 2 rings (SSSR count). The summed E-state index contributed by atoms with van der Waals surface area (Å²) in [5.74, 6) is 0.823. The third-order valence-corrected chi connectivity index (χ3v) is 7.00. The second kappa shape index (κ2) is 6.25. The number of aliphatic hydroxyl groups excluding tert-OH is 1. The van der Waals surface area contributed by atoms with Crippen molar-refractivity contribution in [2.24, 2.45) is 17.1 Å². The molecule has 3 N–H and O–H groups in total. The van der Waals surface area contributed by atoms with Gasteiger partial charge in [-0.05, 0) is 60.5 Å². The number of thiophene rings is 1. The standard InChI is InChI=1S/C15H24BrNOS/c1-3-11-4-6-15(9-17,7-5-11)14(18)13-8-12(16)10(2)19-13/h8,11,14,18H,3-7,9,17H2,1-2H3. The number of nitrogens with two attached hydrogens (primary N) is 1. The largest absolute Gasteiger partial charge is 0.387 e. The second-order valence-corrected chi connectivity index (χ2v) is 8.02. The summed E-state index contributed by atoms with van der Waals surface area (Å²) in [6.07, 6.45) is 5.35. The van der Waals surface area contributed by atoms with E-state index >= 15 is 0 Å². The highest BCUT2D eigenvalue weighted by Gasteiger charge is 2.41. The van der Waals surface area contributed by atoms with Crippen LogP contribution in [-0.2, 0) is 0 Å². The van der Waals surface area contributed by atoms with E-state index in [0.29, 0.717) is 6.54 Å². The molecule has 1 heterocycles. The Hall–Kier alpha value is 0.1000. The number of halogens is 1. The number of hydrogen-bond acceptors (Lipinski definition) is 3. The minimum absolute atomic E-state index is 0.109. The molecular formula is C15H24BrNOS. The van der Waals surface area contributed by atoms with Crippen LogP contribution in [0.1, 0.15) is 54.9 Å². The predicted molar refractivity (Wildman–Crippen MR) is 85.5 cm³/mol. The quantitative estimate of drug-likeness (QED) is 0.849. The van der Waals surface area contributed by atoms with E-state index in [4.69, 9.17) is 5.73 Å². The first-order chi connectivity index (χ1) is 9.02. The molecule has 0 spiro atoms. The van der Waals surface area contributed by atoms with E-state index < -0.39 is 6.10 Å². The van der Waals surface area contributed by atoms with Crippen LogP contribution >= 0.6 is 27.3 Å². The van der Waals surface area contributed by atoms with Gasteiger partial charge >= 0.3 is 0 Å². The van der Waals surface area contributed by atoms with E-state index in [-0.39, 0.29) is 5.41 Å². The summed E-state index contributed by atoms with van der Waals surface area (Å²) in [6, 6.07) is 2.06. The maximum atomic E-state index is 10.8. The minimum atomic E-state index is -0.412. The van der Waals surface area contributed by atoms with Crippen molar-refractivity contribution in [1.29, 1.82) is 0 Å². The lowest BCUT2D eigenvalue weighted by Crippen LogP contribution is -2.39. The summed E-state index contributed by atoms with van der Waals surface area (Å²) in [5, 5.41) is 10.8. The first-order valence-electron chi connectivity index (χ1n) is 7.16. The molecule has 0 aliphatic heterocycles. The molecule has 0 aromatic carbocycles. The molecule has 19 heavy (non-hydrogen) atoms. The van der Waals surface area contributed by atoms with Gasteiger partial charge < -0.3 is 10.8 Å². The van der Waals surface area contributed by atoms with Gasteiger partial charge in [-0.2, -0.15) is 0 Å². The van der Waals surface area contributed by atoms with Crippen LogP contribution in [0.4, 0.5) is 0 Å². The molecule has 1 aromatic heterocycles. The van der Waals surface area contributed by atoms with Crippen molar-refractivity contribution in [2.75, 3.05) is 6.54 Å². The Balaban J connectivity index is 2.17. The summed E-state index contributed by atoms with van der Waals surface area (Å²) in [6.45, 7) is 4.92. The maximum absolute atomic E-state index is 10.8. The van der Waals surface area contributed by atoms with E-state index in [2.05, 4.69) is 35.8 Å².